The first kappa shape index (κ1) is 12.2. The summed E-state index contributed by atoms with van der Waals surface area (Å²) in [7, 11) is 0. The average molecular weight is 244 g/mol. The molecule has 2 aliphatic heterocycles. The van der Waals surface area contributed by atoms with Gasteiger partial charge < -0.3 is 5.32 Å². The summed E-state index contributed by atoms with van der Waals surface area (Å²) in [5.41, 5.74) is 1.89. The minimum Gasteiger partial charge on any atom is -0.310 e. The van der Waals surface area contributed by atoms with Crippen molar-refractivity contribution in [2.24, 2.45) is 0 Å². The molecule has 98 valence electrons. The Morgan fingerprint density at radius 3 is 2.67 bits per heavy atom. The van der Waals surface area contributed by atoms with Crippen LogP contribution in [-0.4, -0.2) is 30.1 Å². The second-order valence-corrected chi connectivity index (χ2v) is 5.96. The SMILES string of the molecule is c1ccc(CN2CCCC3(CCCCN3)C2)cc1. The van der Waals surface area contributed by atoms with Crippen LogP contribution in [0.5, 0.6) is 0 Å². The average Bonchev–Trinajstić information content (AvgIpc) is 2.41. The molecule has 1 unspecified atom stereocenters. The molecular weight excluding hydrogens is 220 g/mol. The van der Waals surface area contributed by atoms with Crippen LogP contribution in [0.25, 0.3) is 0 Å². The van der Waals surface area contributed by atoms with E-state index >= 15 is 0 Å². The Kier molecular flexibility index (Phi) is 3.67. The van der Waals surface area contributed by atoms with Crippen molar-refractivity contribution < 1.29 is 0 Å². The Bertz CT molecular complexity index is 362. The molecule has 18 heavy (non-hydrogen) atoms. The minimum atomic E-state index is 0.436. The van der Waals surface area contributed by atoms with Gasteiger partial charge in [-0.05, 0) is 44.3 Å². The Morgan fingerprint density at radius 2 is 1.89 bits per heavy atom. The van der Waals surface area contributed by atoms with Crippen molar-refractivity contribution >= 4 is 0 Å². The second kappa shape index (κ2) is 5.41. The summed E-state index contributed by atoms with van der Waals surface area (Å²) in [5.74, 6) is 0. The summed E-state index contributed by atoms with van der Waals surface area (Å²) in [6.45, 7) is 4.84. The normalized spacial score (nSPS) is 29.6. The number of rotatable bonds is 2. The molecule has 0 aromatic heterocycles. The highest BCUT2D eigenvalue weighted by atomic mass is 15.2. The van der Waals surface area contributed by atoms with E-state index in [4.69, 9.17) is 0 Å². The number of nitrogens with one attached hydrogen (secondary N) is 1. The smallest absolute Gasteiger partial charge is 0.0309 e. The molecule has 1 aromatic rings. The number of benzene rings is 1. The molecule has 2 heterocycles. The Hall–Kier alpha value is -0.860. The van der Waals surface area contributed by atoms with E-state index < -0.39 is 0 Å². The molecule has 3 rings (SSSR count). The van der Waals surface area contributed by atoms with Crippen LogP contribution in [0, 0.1) is 0 Å². The van der Waals surface area contributed by atoms with E-state index in [1.807, 2.05) is 0 Å². The topological polar surface area (TPSA) is 15.3 Å². The summed E-state index contributed by atoms with van der Waals surface area (Å²) in [4.78, 5) is 2.64. The number of likely N-dealkylation sites (tertiary alicyclic amines) is 1. The fourth-order valence-corrected chi connectivity index (χ4v) is 3.58. The fourth-order valence-electron chi connectivity index (χ4n) is 3.58. The summed E-state index contributed by atoms with van der Waals surface area (Å²) >= 11 is 0. The van der Waals surface area contributed by atoms with E-state index in [0.29, 0.717) is 5.54 Å². The van der Waals surface area contributed by atoms with Crippen molar-refractivity contribution in [3.05, 3.63) is 35.9 Å². The van der Waals surface area contributed by atoms with Crippen molar-refractivity contribution in [2.75, 3.05) is 19.6 Å². The van der Waals surface area contributed by atoms with Crippen molar-refractivity contribution in [1.82, 2.24) is 10.2 Å². The van der Waals surface area contributed by atoms with E-state index in [1.54, 1.807) is 0 Å². The highest BCUT2D eigenvalue weighted by molar-refractivity contribution is 5.15. The van der Waals surface area contributed by atoms with Gasteiger partial charge in [0.05, 0.1) is 0 Å². The first-order chi connectivity index (χ1) is 8.86. The van der Waals surface area contributed by atoms with Gasteiger partial charge >= 0.3 is 0 Å². The van der Waals surface area contributed by atoms with Gasteiger partial charge in [-0.1, -0.05) is 36.8 Å². The monoisotopic (exact) mass is 244 g/mol. The number of hydrogen-bond acceptors (Lipinski definition) is 2. The summed E-state index contributed by atoms with van der Waals surface area (Å²) in [6.07, 6.45) is 6.86. The molecule has 1 N–H and O–H groups in total. The van der Waals surface area contributed by atoms with Crippen LogP contribution in [0.1, 0.15) is 37.7 Å². The number of hydrogen-bond donors (Lipinski definition) is 1. The standard InChI is InChI=1S/C16H24N2/c1-2-7-15(8-3-1)13-18-12-6-10-16(14-18)9-4-5-11-17-16/h1-3,7-8,17H,4-6,9-14H2. The van der Waals surface area contributed by atoms with Crippen LogP contribution < -0.4 is 5.32 Å². The van der Waals surface area contributed by atoms with E-state index in [0.717, 1.165) is 6.54 Å². The maximum absolute atomic E-state index is 3.81. The molecule has 0 saturated carbocycles. The fraction of sp³-hybridized carbons (Fsp3) is 0.625. The maximum Gasteiger partial charge on any atom is 0.0309 e. The van der Waals surface area contributed by atoms with Gasteiger partial charge in [0.1, 0.15) is 0 Å². The lowest BCUT2D eigenvalue weighted by atomic mass is 9.81. The van der Waals surface area contributed by atoms with Crippen molar-refractivity contribution in [3.63, 3.8) is 0 Å². The van der Waals surface area contributed by atoms with Crippen LogP contribution >= 0.6 is 0 Å². The lowest BCUT2D eigenvalue weighted by Crippen LogP contribution is -2.58. The molecule has 0 aliphatic carbocycles. The minimum absolute atomic E-state index is 0.436. The van der Waals surface area contributed by atoms with Crippen LogP contribution in [0.4, 0.5) is 0 Å². The lowest BCUT2D eigenvalue weighted by molar-refractivity contribution is 0.0937. The first-order valence-electron chi connectivity index (χ1n) is 7.38. The summed E-state index contributed by atoms with van der Waals surface area (Å²) in [5, 5.41) is 3.81. The molecule has 1 atom stereocenters. The maximum atomic E-state index is 3.81. The van der Waals surface area contributed by atoms with Crippen LogP contribution in [0.2, 0.25) is 0 Å². The molecule has 2 saturated heterocycles. The molecule has 0 bridgehead atoms. The van der Waals surface area contributed by atoms with Crippen LogP contribution in [0.3, 0.4) is 0 Å². The van der Waals surface area contributed by atoms with E-state index in [1.165, 1.54) is 57.3 Å². The molecule has 2 fully saturated rings. The molecule has 0 amide bonds. The third kappa shape index (κ3) is 2.76. The number of nitrogens with zero attached hydrogens (tertiary/aromatic N) is 1. The predicted molar refractivity (Wildman–Crippen MR) is 75.5 cm³/mol. The van der Waals surface area contributed by atoms with E-state index in [9.17, 15) is 0 Å². The van der Waals surface area contributed by atoms with Crippen molar-refractivity contribution in [1.29, 1.82) is 0 Å². The predicted octanol–water partition coefficient (Wildman–Crippen LogP) is 2.79. The largest absolute Gasteiger partial charge is 0.310 e. The third-order valence-electron chi connectivity index (χ3n) is 4.49. The molecule has 0 radical (unpaired) electrons. The molecule has 1 spiro atoms. The van der Waals surface area contributed by atoms with E-state index in [2.05, 4.69) is 40.5 Å². The van der Waals surface area contributed by atoms with Crippen LogP contribution in [-0.2, 0) is 6.54 Å². The summed E-state index contributed by atoms with van der Waals surface area (Å²) in [6, 6.07) is 10.9. The second-order valence-electron chi connectivity index (χ2n) is 5.96. The molecular formula is C16H24N2. The Labute approximate surface area is 110 Å². The van der Waals surface area contributed by atoms with Crippen LogP contribution in [0.15, 0.2) is 30.3 Å². The zero-order valence-corrected chi connectivity index (χ0v) is 11.2. The van der Waals surface area contributed by atoms with E-state index in [-0.39, 0.29) is 0 Å². The quantitative estimate of drug-likeness (QED) is 0.860. The Morgan fingerprint density at radius 1 is 1.06 bits per heavy atom. The number of piperidine rings is 2. The molecule has 2 nitrogen and oxygen atoms in total. The first-order valence-corrected chi connectivity index (χ1v) is 7.38. The molecule has 1 aromatic carbocycles. The lowest BCUT2D eigenvalue weighted by Gasteiger charge is -2.46. The van der Waals surface area contributed by atoms with Gasteiger partial charge in [0, 0.05) is 18.6 Å². The highest BCUT2D eigenvalue weighted by Gasteiger charge is 2.35. The van der Waals surface area contributed by atoms with Gasteiger partial charge in [0.2, 0.25) is 0 Å². The highest BCUT2D eigenvalue weighted by Crippen LogP contribution is 2.29. The van der Waals surface area contributed by atoms with Crippen molar-refractivity contribution in [2.45, 2.75) is 44.2 Å². The molecule has 2 heteroatoms. The molecule has 2 aliphatic rings. The zero-order valence-electron chi connectivity index (χ0n) is 11.2. The van der Waals surface area contributed by atoms with Gasteiger partial charge in [-0.2, -0.15) is 0 Å². The van der Waals surface area contributed by atoms with Gasteiger partial charge in [0.15, 0.2) is 0 Å². The van der Waals surface area contributed by atoms with Gasteiger partial charge in [-0.3, -0.25) is 4.90 Å². The summed E-state index contributed by atoms with van der Waals surface area (Å²) < 4.78 is 0. The van der Waals surface area contributed by atoms with Gasteiger partial charge in [0.25, 0.3) is 0 Å². The van der Waals surface area contributed by atoms with Gasteiger partial charge in [-0.25, -0.2) is 0 Å². The Balaban J connectivity index is 1.63. The van der Waals surface area contributed by atoms with Crippen molar-refractivity contribution in [3.8, 4) is 0 Å². The third-order valence-corrected chi connectivity index (χ3v) is 4.49. The van der Waals surface area contributed by atoms with Gasteiger partial charge in [-0.15, -0.1) is 0 Å². The zero-order chi connectivity index (χ0) is 12.3.